The Balaban J connectivity index is 0.00000288. The quantitative estimate of drug-likeness (QED) is 0.865. The van der Waals surface area contributed by atoms with Crippen molar-refractivity contribution in [2.24, 2.45) is 5.73 Å². The molecule has 1 aromatic carbocycles. The first-order chi connectivity index (χ1) is 10.7. The monoisotopic (exact) mass is 370 g/mol. The lowest BCUT2D eigenvalue weighted by molar-refractivity contribution is 0.0941. The molecule has 5 nitrogen and oxygen atoms in total. The lowest BCUT2D eigenvalue weighted by atomic mass is 10.1. The van der Waals surface area contributed by atoms with Gasteiger partial charge in [0.05, 0.1) is 16.1 Å². The van der Waals surface area contributed by atoms with Crippen molar-refractivity contribution in [2.75, 3.05) is 6.54 Å². The number of hydrogen-bond acceptors (Lipinski definition) is 3. The summed E-state index contributed by atoms with van der Waals surface area (Å²) in [6.45, 7) is 8.32. The topological polar surface area (TPSA) is 72.9 Å². The Labute approximate surface area is 154 Å². The van der Waals surface area contributed by atoms with Crippen molar-refractivity contribution in [1.82, 2.24) is 15.1 Å². The van der Waals surface area contributed by atoms with Crippen molar-refractivity contribution in [3.8, 4) is 11.3 Å². The Hall–Kier alpha value is -1.56. The summed E-state index contributed by atoms with van der Waals surface area (Å²) in [7, 11) is 0. The van der Waals surface area contributed by atoms with E-state index in [9.17, 15) is 4.79 Å². The van der Waals surface area contributed by atoms with Gasteiger partial charge in [-0.1, -0.05) is 29.8 Å². The molecule has 0 saturated heterocycles. The summed E-state index contributed by atoms with van der Waals surface area (Å²) in [5.74, 6) is -0.201. The second kappa shape index (κ2) is 8.01. The van der Waals surface area contributed by atoms with Crippen LogP contribution in [0.1, 0.15) is 38.1 Å². The molecule has 2 rings (SSSR count). The molecule has 1 atom stereocenters. The lowest BCUT2D eigenvalue weighted by Crippen LogP contribution is -2.37. The van der Waals surface area contributed by atoms with Gasteiger partial charge in [-0.15, -0.1) is 12.4 Å². The van der Waals surface area contributed by atoms with E-state index in [4.69, 9.17) is 17.3 Å². The normalized spacial score (nSPS) is 12.4. The van der Waals surface area contributed by atoms with Crippen LogP contribution in [0.25, 0.3) is 11.3 Å². The van der Waals surface area contributed by atoms with Gasteiger partial charge in [0.25, 0.3) is 5.91 Å². The van der Waals surface area contributed by atoms with Crippen LogP contribution in [0, 0.1) is 0 Å². The maximum atomic E-state index is 12.6. The van der Waals surface area contributed by atoms with Crippen LogP contribution in [0.5, 0.6) is 0 Å². The second-order valence-electron chi connectivity index (χ2n) is 6.60. The van der Waals surface area contributed by atoms with E-state index in [1.54, 1.807) is 16.9 Å². The summed E-state index contributed by atoms with van der Waals surface area (Å²) in [6, 6.07) is 7.27. The molecule has 0 bridgehead atoms. The number of nitrogens with one attached hydrogen (secondary N) is 1. The molecule has 24 heavy (non-hydrogen) atoms. The molecule has 3 N–H and O–H groups in total. The van der Waals surface area contributed by atoms with Gasteiger partial charge in [0.2, 0.25) is 0 Å². The van der Waals surface area contributed by atoms with Crippen LogP contribution >= 0.6 is 24.0 Å². The summed E-state index contributed by atoms with van der Waals surface area (Å²) in [5, 5.41) is 8.05. The molecule has 0 aliphatic heterocycles. The van der Waals surface area contributed by atoms with E-state index in [1.165, 1.54) is 0 Å². The van der Waals surface area contributed by atoms with Crippen LogP contribution in [-0.4, -0.2) is 28.3 Å². The van der Waals surface area contributed by atoms with Crippen molar-refractivity contribution < 1.29 is 4.79 Å². The van der Waals surface area contributed by atoms with Crippen LogP contribution in [0.3, 0.4) is 0 Å². The molecule has 132 valence electrons. The molecule has 1 heterocycles. The minimum atomic E-state index is -0.242. The molecule has 0 aliphatic carbocycles. The zero-order chi connectivity index (χ0) is 17.2. The van der Waals surface area contributed by atoms with Gasteiger partial charge in [-0.2, -0.15) is 5.10 Å². The van der Waals surface area contributed by atoms with Gasteiger partial charge in [-0.05, 0) is 33.8 Å². The first-order valence-electron chi connectivity index (χ1n) is 7.60. The lowest BCUT2D eigenvalue weighted by Gasteiger charge is -2.18. The number of hydrogen-bond donors (Lipinski definition) is 2. The van der Waals surface area contributed by atoms with E-state index in [2.05, 4.69) is 10.4 Å². The number of halogens is 2. The van der Waals surface area contributed by atoms with E-state index in [1.807, 2.05) is 45.9 Å². The molecule has 0 spiro atoms. The number of carbonyl (C=O) groups is 1. The van der Waals surface area contributed by atoms with Gasteiger partial charge >= 0.3 is 0 Å². The Bertz CT molecular complexity index is 707. The number of nitrogens with two attached hydrogens (primary N) is 1. The number of carbonyl (C=O) groups excluding carboxylic acids is 1. The van der Waals surface area contributed by atoms with Crippen LogP contribution in [0.15, 0.2) is 30.5 Å². The molecule has 0 saturated carbocycles. The minimum Gasteiger partial charge on any atom is -0.348 e. The van der Waals surface area contributed by atoms with E-state index in [0.29, 0.717) is 22.8 Å². The maximum absolute atomic E-state index is 12.6. The van der Waals surface area contributed by atoms with Crippen LogP contribution in [0.2, 0.25) is 5.02 Å². The van der Waals surface area contributed by atoms with Crippen molar-refractivity contribution in [3.05, 3.63) is 41.0 Å². The highest BCUT2D eigenvalue weighted by molar-refractivity contribution is 6.33. The van der Waals surface area contributed by atoms with Gasteiger partial charge in [-0.25, -0.2) is 0 Å². The molecule has 0 radical (unpaired) electrons. The summed E-state index contributed by atoms with van der Waals surface area (Å²) in [6.07, 6.45) is 1.76. The molecule has 0 fully saturated rings. The van der Waals surface area contributed by atoms with Gasteiger partial charge < -0.3 is 11.1 Å². The zero-order valence-electron chi connectivity index (χ0n) is 14.3. The Kier molecular flexibility index (Phi) is 6.84. The van der Waals surface area contributed by atoms with Gasteiger partial charge in [0.1, 0.15) is 5.69 Å². The third-order valence-electron chi connectivity index (χ3n) is 3.51. The summed E-state index contributed by atoms with van der Waals surface area (Å²) >= 11 is 6.29. The van der Waals surface area contributed by atoms with Crippen LogP contribution in [0.4, 0.5) is 0 Å². The van der Waals surface area contributed by atoms with Crippen LogP contribution < -0.4 is 11.1 Å². The fourth-order valence-electron chi connectivity index (χ4n) is 2.10. The van der Waals surface area contributed by atoms with E-state index in [0.717, 1.165) is 5.56 Å². The van der Waals surface area contributed by atoms with Gasteiger partial charge in [-0.3, -0.25) is 9.48 Å². The molecule has 0 aliphatic rings. The average molecular weight is 371 g/mol. The molecule has 7 heteroatoms. The predicted molar refractivity (Wildman–Crippen MR) is 101 cm³/mol. The molecule has 0 unspecified atom stereocenters. The summed E-state index contributed by atoms with van der Waals surface area (Å²) in [4.78, 5) is 12.6. The smallest absolute Gasteiger partial charge is 0.255 e. The summed E-state index contributed by atoms with van der Waals surface area (Å²) in [5.41, 5.74) is 7.16. The largest absolute Gasteiger partial charge is 0.348 e. The van der Waals surface area contributed by atoms with Crippen molar-refractivity contribution >= 4 is 29.9 Å². The minimum absolute atomic E-state index is 0. The van der Waals surface area contributed by atoms with Gasteiger partial charge in [0, 0.05) is 24.3 Å². The molecule has 2 aromatic rings. The highest BCUT2D eigenvalue weighted by Gasteiger charge is 2.24. The molecule has 1 amide bonds. The maximum Gasteiger partial charge on any atom is 0.255 e. The fourth-order valence-corrected chi connectivity index (χ4v) is 2.32. The molecule has 1 aromatic heterocycles. The van der Waals surface area contributed by atoms with Gasteiger partial charge in [0.15, 0.2) is 0 Å². The second-order valence-corrected chi connectivity index (χ2v) is 7.00. The number of benzene rings is 1. The third kappa shape index (κ3) is 4.50. The number of aromatic nitrogens is 2. The summed E-state index contributed by atoms with van der Waals surface area (Å²) < 4.78 is 1.79. The average Bonchev–Trinajstić information content (AvgIpc) is 2.92. The van der Waals surface area contributed by atoms with Crippen molar-refractivity contribution in [3.63, 3.8) is 0 Å². The number of amides is 1. The standard InChI is InChI=1S/C17H23ClN4O.ClH/c1-11(9-19)20-16(23)13-10-22(17(2,3)4)21-15(13)12-7-5-6-8-14(12)18;/h5-8,10-11H,9,19H2,1-4H3,(H,20,23);1H/t11-;/m0./s1. The number of rotatable bonds is 4. The fraction of sp³-hybridized carbons (Fsp3) is 0.412. The van der Waals surface area contributed by atoms with E-state index >= 15 is 0 Å². The van der Waals surface area contributed by atoms with Crippen molar-refractivity contribution in [1.29, 1.82) is 0 Å². The zero-order valence-corrected chi connectivity index (χ0v) is 15.9. The van der Waals surface area contributed by atoms with E-state index < -0.39 is 0 Å². The highest BCUT2D eigenvalue weighted by Crippen LogP contribution is 2.30. The Morgan fingerprint density at radius 1 is 1.38 bits per heavy atom. The first-order valence-corrected chi connectivity index (χ1v) is 7.98. The first kappa shape index (κ1) is 20.5. The SMILES string of the molecule is C[C@@H](CN)NC(=O)c1cn(C(C)(C)C)nc1-c1ccccc1Cl.Cl. The number of nitrogens with zero attached hydrogens (tertiary/aromatic N) is 2. The Morgan fingerprint density at radius 2 is 2.00 bits per heavy atom. The third-order valence-corrected chi connectivity index (χ3v) is 3.84. The van der Waals surface area contributed by atoms with Crippen LogP contribution in [-0.2, 0) is 5.54 Å². The van der Waals surface area contributed by atoms with E-state index in [-0.39, 0.29) is 29.9 Å². The highest BCUT2D eigenvalue weighted by atomic mass is 35.5. The predicted octanol–water partition coefficient (Wildman–Crippen LogP) is 3.46. The molecular formula is C17H24Cl2N4O. The van der Waals surface area contributed by atoms with Crippen molar-refractivity contribution in [2.45, 2.75) is 39.3 Å². The molecular weight excluding hydrogens is 347 g/mol. The Morgan fingerprint density at radius 3 is 2.54 bits per heavy atom.